The number of hydrogen-bond acceptors (Lipinski definition) is 3. The van der Waals surface area contributed by atoms with E-state index < -0.39 is 0 Å². The molecule has 2 N–H and O–H groups in total. The van der Waals surface area contributed by atoms with E-state index >= 15 is 0 Å². The highest BCUT2D eigenvalue weighted by Crippen LogP contribution is 2.20. The molecule has 1 fully saturated rings. The molecule has 0 amide bonds. The quantitative estimate of drug-likeness (QED) is 0.755. The van der Waals surface area contributed by atoms with Gasteiger partial charge < -0.3 is 10.5 Å². The summed E-state index contributed by atoms with van der Waals surface area (Å²) < 4.78 is 5.37. The van der Waals surface area contributed by atoms with Crippen LogP contribution in [0.1, 0.15) is 40.0 Å². The van der Waals surface area contributed by atoms with Gasteiger partial charge in [-0.2, -0.15) is 0 Å². The van der Waals surface area contributed by atoms with Crippen LogP contribution in [0.25, 0.3) is 0 Å². The van der Waals surface area contributed by atoms with Gasteiger partial charge >= 0.3 is 0 Å². The predicted octanol–water partition coefficient (Wildman–Crippen LogP) is 1.61. The summed E-state index contributed by atoms with van der Waals surface area (Å²) in [7, 11) is 0. The maximum Gasteiger partial charge on any atom is 0.0484 e. The summed E-state index contributed by atoms with van der Waals surface area (Å²) in [4.78, 5) is 2.49. The van der Waals surface area contributed by atoms with E-state index in [0.717, 1.165) is 39.1 Å². The van der Waals surface area contributed by atoms with Crippen LogP contribution < -0.4 is 5.73 Å². The molecule has 0 radical (unpaired) electrons. The van der Waals surface area contributed by atoms with Crippen LogP contribution in [0.2, 0.25) is 0 Å². The van der Waals surface area contributed by atoms with E-state index in [1.54, 1.807) is 0 Å². The van der Waals surface area contributed by atoms with Crippen LogP contribution in [0.4, 0.5) is 0 Å². The van der Waals surface area contributed by atoms with Crippen molar-refractivity contribution in [2.45, 2.75) is 51.6 Å². The second kappa shape index (κ2) is 5.83. The summed E-state index contributed by atoms with van der Waals surface area (Å²) in [5, 5.41) is 0. The topological polar surface area (TPSA) is 38.5 Å². The molecule has 0 aromatic heterocycles. The molecule has 0 spiro atoms. The van der Waals surface area contributed by atoms with Crippen molar-refractivity contribution in [3.63, 3.8) is 0 Å². The van der Waals surface area contributed by atoms with Crippen molar-refractivity contribution in [1.29, 1.82) is 0 Å². The zero-order valence-electron chi connectivity index (χ0n) is 10.5. The van der Waals surface area contributed by atoms with Gasteiger partial charge in [-0.25, -0.2) is 0 Å². The van der Waals surface area contributed by atoms with Crippen molar-refractivity contribution in [2.75, 3.05) is 26.3 Å². The normalized spacial score (nSPS) is 21.2. The minimum atomic E-state index is -0.0162. The predicted molar refractivity (Wildman–Crippen MR) is 64.0 cm³/mol. The van der Waals surface area contributed by atoms with Gasteiger partial charge in [0.1, 0.15) is 0 Å². The van der Waals surface area contributed by atoms with Crippen LogP contribution >= 0.6 is 0 Å². The average molecular weight is 214 g/mol. The number of ether oxygens (including phenoxy) is 1. The molecule has 90 valence electrons. The van der Waals surface area contributed by atoms with Gasteiger partial charge in [0.25, 0.3) is 0 Å². The molecule has 3 nitrogen and oxygen atoms in total. The summed E-state index contributed by atoms with van der Waals surface area (Å²) in [5.41, 5.74) is 6.39. The van der Waals surface area contributed by atoms with Crippen LogP contribution in [0.5, 0.6) is 0 Å². The first-order chi connectivity index (χ1) is 7.07. The van der Waals surface area contributed by atoms with Gasteiger partial charge in [-0.3, -0.25) is 4.90 Å². The Kier molecular flexibility index (Phi) is 5.03. The highest BCUT2D eigenvalue weighted by atomic mass is 16.5. The van der Waals surface area contributed by atoms with Gasteiger partial charge in [0.05, 0.1) is 0 Å². The molecule has 1 aliphatic heterocycles. The first-order valence-corrected chi connectivity index (χ1v) is 6.18. The first-order valence-electron chi connectivity index (χ1n) is 6.18. The Balaban J connectivity index is 2.47. The van der Waals surface area contributed by atoms with E-state index in [2.05, 4.69) is 25.7 Å². The lowest BCUT2D eigenvalue weighted by Crippen LogP contribution is -2.55. The minimum Gasteiger partial charge on any atom is -0.381 e. The highest BCUT2D eigenvalue weighted by Gasteiger charge is 2.30. The SMILES string of the molecule is CCCN(CC1(N)CCOCC1)C(C)C. The van der Waals surface area contributed by atoms with E-state index in [9.17, 15) is 0 Å². The van der Waals surface area contributed by atoms with Crippen molar-refractivity contribution >= 4 is 0 Å². The third kappa shape index (κ3) is 4.09. The third-order valence-electron chi connectivity index (χ3n) is 3.25. The molecule has 15 heavy (non-hydrogen) atoms. The van der Waals surface area contributed by atoms with Gasteiger partial charge in [0, 0.05) is 31.3 Å². The zero-order chi connectivity index (χ0) is 11.3. The number of rotatable bonds is 5. The average Bonchev–Trinajstić information content (AvgIpc) is 2.18. The lowest BCUT2D eigenvalue weighted by atomic mass is 9.90. The van der Waals surface area contributed by atoms with Gasteiger partial charge in [-0.05, 0) is 39.7 Å². The molecular weight excluding hydrogens is 188 g/mol. The molecule has 0 atom stereocenters. The van der Waals surface area contributed by atoms with Gasteiger partial charge in [-0.1, -0.05) is 6.92 Å². The van der Waals surface area contributed by atoms with Crippen LogP contribution in [-0.2, 0) is 4.74 Å². The molecule has 1 heterocycles. The van der Waals surface area contributed by atoms with E-state index in [1.165, 1.54) is 6.42 Å². The largest absolute Gasteiger partial charge is 0.381 e. The molecule has 1 aliphatic rings. The molecule has 1 rings (SSSR count). The lowest BCUT2D eigenvalue weighted by Gasteiger charge is -2.39. The second-order valence-corrected chi connectivity index (χ2v) is 5.04. The Morgan fingerprint density at radius 3 is 2.40 bits per heavy atom. The third-order valence-corrected chi connectivity index (χ3v) is 3.25. The fourth-order valence-electron chi connectivity index (χ4n) is 2.15. The fourth-order valence-corrected chi connectivity index (χ4v) is 2.15. The Hall–Kier alpha value is -0.120. The van der Waals surface area contributed by atoms with E-state index in [-0.39, 0.29) is 5.54 Å². The molecule has 0 aromatic carbocycles. The fraction of sp³-hybridized carbons (Fsp3) is 1.00. The Labute approximate surface area is 94.0 Å². The van der Waals surface area contributed by atoms with Crippen LogP contribution in [0.15, 0.2) is 0 Å². The highest BCUT2D eigenvalue weighted by molar-refractivity contribution is 4.90. The lowest BCUT2D eigenvalue weighted by molar-refractivity contribution is 0.0328. The summed E-state index contributed by atoms with van der Waals surface area (Å²) in [6.07, 6.45) is 3.20. The van der Waals surface area contributed by atoms with E-state index in [0.29, 0.717) is 6.04 Å². The summed E-state index contributed by atoms with van der Waals surface area (Å²) in [5.74, 6) is 0. The van der Waals surface area contributed by atoms with Gasteiger partial charge in [-0.15, -0.1) is 0 Å². The van der Waals surface area contributed by atoms with Crippen molar-refractivity contribution in [1.82, 2.24) is 4.90 Å². The second-order valence-electron chi connectivity index (χ2n) is 5.04. The molecule has 0 unspecified atom stereocenters. The number of nitrogens with two attached hydrogens (primary N) is 1. The van der Waals surface area contributed by atoms with E-state index in [1.807, 2.05) is 0 Å². The minimum absolute atomic E-state index is 0.0162. The zero-order valence-corrected chi connectivity index (χ0v) is 10.5. The van der Waals surface area contributed by atoms with Crippen molar-refractivity contribution in [2.24, 2.45) is 5.73 Å². The van der Waals surface area contributed by atoms with Crippen molar-refractivity contribution in [3.8, 4) is 0 Å². The molecular formula is C12H26N2O. The summed E-state index contributed by atoms with van der Waals surface area (Å²) in [6, 6.07) is 0.591. The van der Waals surface area contributed by atoms with Crippen LogP contribution in [-0.4, -0.2) is 42.8 Å². The molecule has 3 heteroatoms. The van der Waals surface area contributed by atoms with Gasteiger partial charge in [0.2, 0.25) is 0 Å². The standard InChI is InChI=1S/C12H26N2O/c1-4-7-14(11(2)3)10-12(13)5-8-15-9-6-12/h11H,4-10,13H2,1-3H3. The molecule has 0 saturated carbocycles. The first kappa shape index (κ1) is 12.9. The maximum atomic E-state index is 6.41. The number of nitrogens with zero attached hydrogens (tertiary/aromatic N) is 1. The van der Waals surface area contributed by atoms with Gasteiger partial charge in [0.15, 0.2) is 0 Å². The molecule has 1 saturated heterocycles. The Bertz CT molecular complexity index is 176. The molecule has 0 bridgehead atoms. The Morgan fingerprint density at radius 1 is 1.33 bits per heavy atom. The monoisotopic (exact) mass is 214 g/mol. The Morgan fingerprint density at radius 2 is 1.93 bits per heavy atom. The van der Waals surface area contributed by atoms with Crippen LogP contribution in [0, 0.1) is 0 Å². The van der Waals surface area contributed by atoms with Crippen LogP contribution in [0.3, 0.4) is 0 Å². The van der Waals surface area contributed by atoms with Crippen molar-refractivity contribution < 1.29 is 4.74 Å². The van der Waals surface area contributed by atoms with E-state index in [4.69, 9.17) is 10.5 Å². The van der Waals surface area contributed by atoms with Crippen molar-refractivity contribution in [3.05, 3.63) is 0 Å². The summed E-state index contributed by atoms with van der Waals surface area (Å²) >= 11 is 0. The number of hydrogen-bond donors (Lipinski definition) is 1. The summed E-state index contributed by atoms with van der Waals surface area (Å²) in [6.45, 7) is 10.5. The smallest absolute Gasteiger partial charge is 0.0484 e. The molecule has 0 aliphatic carbocycles. The molecule has 0 aromatic rings. The maximum absolute atomic E-state index is 6.41.